The Morgan fingerprint density at radius 1 is 1.64 bits per heavy atom. The van der Waals surface area contributed by atoms with Crippen LogP contribution in [0, 0.1) is 0 Å². The zero-order valence-corrected chi connectivity index (χ0v) is 7.23. The van der Waals surface area contributed by atoms with Crippen molar-refractivity contribution in [3.63, 3.8) is 0 Å². The standard InChI is InChI=1S/C7H10O3S/c1-4-5(9)7(2,3-8)11-6(4)10/h8-9H,3H2,1-2H3/t7-/m0/s1. The van der Waals surface area contributed by atoms with Crippen molar-refractivity contribution in [1.29, 1.82) is 0 Å². The van der Waals surface area contributed by atoms with Gasteiger partial charge < -0.3 is 10.2 Å². The lowest BCUT2D eigenvalue weighted by atomic mass is 10.1. The number of thioether (sulfide) groups is 1. The Labute approximate surface area is 69.1 Å². The third-order valence-electron chi connectivity index (χ3n) is 1.78. The molecule has 2 N–H and O–H groups in total. The van der Waals surface area contributed by atoms with Crippen LogP contribution in [0.15, 0.2) is 11.3 Å². The molecule has 1 heterocycles. The van der Waals surface area contributed by atoms with Crippen LogP contribution in [0.5, 0.6) is 0 Å². The third-order valence-corrected chi connectivity index (χ3v) is 3.05. The van der Waals surface area contributed by atoms with E-state index >= 15 is 0 Å². The summed E-state index contributed by atoms with van der Waals surface area (Å²) < 4.78 is -0.804. The summed E-state index contributed by atoms with van der Waals surface area (Å²) in [5.74, 6) is 0.00926. The predicted octanol–water partition coefficient (Wildman–Crippen LogP) is 0.843. The van der Waals surface area contributed by atoms with Crippen LogP contribution in [-0.2, 0) is 4.79 Å². The molecule has 1 aliphatic rings. The number of rotatable bonds is 1. The van der Waals surface area contributed by atoms with E-state index in [9.17, 15) is 9.90 Å². The second-order valence-electron chi connectivity index (χ2n) is 2.75. The van der Waals surface area contributed by atoms with Crippen molar-refractivity contribution in [2.45, 2.75) is 18.6 Å². The summed E-state index contributed by atoms with van der Waals surface area (Å²) in [6.45, 7) is 2.99. The van der Waals surface area contributed by atoms with Crippen molar-refractivity contribution >= 4 is 16.9 Å². The van der Waals surface area contributed by atoms with E-state index in [1.165, 1.54) is 0 Å². The molecule has 0 unspecified atom stereocenters. The third kappa shape index (κ3) is 1.16. The number of hydrogen-bond donors (Lipinski definition) is 2. The lowest BCUT2D eigenvalue weighted by Gasteiger charge is -2.18. The van der Waals surface area contributed by atoms with Crippen molar-refractivity contribution in [2.75, 3.05) is 6.61 Å². The summed E-state index contributed by atoms with van der Waals surface area (Å²) in [4.78, 5) is 11.0. The summed E-state index contributed by atoms with van der Waals surface area (Å²) in [5, 5.41) is 18.1. The minimum atomic E-state index is -0.804. The van der Waals surface area contributed by atoms with E-state index in [-0.39, 0.29) is 17.5 Å². The molecule has 1 aliphatic heterocycles. The minimum Gasteiger partial charge on any atom is -0.510 e. The number of aliphatic hydroxyl groups excluding tert-OH is 2. The van der Waals surface area contributed by atoms with Gasteiger partial charge in [-0.2, -0.15) is 0 Å². The molecule has 0 spiro atoms. The van der Waals surface area contributed by atoms with Crippen LogP contribution in [0.2, 0.25) is 0 Å². The zero-order valence-electron chi connectivity index (χ0n) is 6.42. The first-order valence-electron chi connectivity index (χ1n) is 3.26. The normalized spacial score (nSPS) is 31.7. The largest absolute Gasteiger partial charge is 0.510 e. The van der Waals surface area contributed by atoms with Gasteiger partial charge in [-0.1, -0.05) is 11.8 Å². The maximum absolute atomic E-state index is 11.0. The van der Waals surface area contributed by atoms with E-state index in [1.807, 2.05) is 0 Å². The van der Waals surface area contributed by atoms with E-state index in [4.69, 9.17) is 5.11 Å². The van der Waals surface area contributed by atoms with Crippen LogP contribution in [0.4, 0.5) is 0 Å². The quantitative estimate of drug-likeness (QED) is 0.618. The van der Waals surface area contributed by atoms with Crippen LogP contribution in [-0.4, -0.2) is 26.7 Å². The molecule has 0 aromatic heterocycles. The molecule has 0 saturated heterocycles. The van der Waals surface area contributed by atoms with Crippen molar-refractivity contribution in [1.82, 2.24) is 0 Å². The molecule has 0 bridgehead atoms. The molecule has 1 rings (SSSR count). The van der Waals surface area contributed by atoms with Crippen LogP contribution in [0.1, 0.15) is 13.8 Å². The lowest BCUT2D eigenvalue weighted by molar-refractivity contribution is -0.107. The first-order chi connectivity index (χ1) is 5.01. The molecule has 0 aromatic rings. The highest BCUT2D eigenvalue weighted by Crippen LogP contribution is 2.41. The molecule has 62 valence electrons. The highest BCUT2D eigenvalue weighted by molar-refractivity contribution is 8.15. The molecule has 0 aliphatic carbocycles. The van der Waals surface area contributed by atoms with Crippen molar-refractivity contribution in [3.05, 3.63) is 11.3 Å². The summed E-state index contributed by atoms with van der Waals surface area (Å²) in [6, 6.07) is 0. The van der Waals surface area contributed by atoms with Crippen molar-refractivity contribution in [2.24, 2.45) is 0 Å². The van der Waals surface area contributed by atoms with Gasteiger partial charge in [0.05, 0.1) is 6.61 Å². The zero-order chi connectivity index (χ0) is 8.65. The van der Waals surface area contributed by atoms with Gasteiger partial charge in [0.25, 0.3) is 0 Å². The van der Waals surface area contributed by atoms with Gasteiger partial charge in [-0.05, 0) is 13.8 Å². The van der Waals surface area contributed by atoms with Crippen LogP contribution in [0.25, 0.3) is 0 Å². The fourth-order valence-corrected chi connectivity index (χ4v) is 1.90. The van der Waals surface area contributed by atoms with Crippen LogP contribution in [0.3, 0.4) is 0 Å². The predicted molar refractivity (Wildman–Crippen MR) is 43.4 cm³/mol. The van der Waals surface area contributed by atoms with Gasteiger partial charge >= 0.3 is 0 Å². The second-order valence-corrected chi connectivity index (χ2v) is 4.23. The van der Waals surface area contributed by atoms with Gasteiger partial charge in [-0.15, -0.1) is 0 Å². The second kappa shape index (κ2) is 2.53. The summed E-state index contributed by atoms with van der Waals surface area (Å²) in [5.41, 5.74) is 0.353. The molecule has 1 atom stereocenters. The molecular formula is C7H10O3S. The van der Waals surface area contributed by atoms with E-state index in [2.05, 4.69) is 0 Å². The Balaban J connectivity index is 3.03. The Morgan fingerprint density at radius 3 is 2.36 bits per heavy atom. The molecule has 4 heteroatoms. The van der Waals surface area contributed by atoms with Crippen molar-refractivity contribution < 1.29 is 15.0 Å². The molecule has 11 heavy (non-hydrogen) atoms. The van der Waals surface area contributed by atoms with Gasteiger partial charge in [0.1, 0.15) is 10.5 Å². The topological polar surface area (TPSA) is 57.5 Å². The monoisotopic (exact) mass is 174 g/mol. The fourth-order valence-electron chi connectivity index (χ4n) is 0.930. The number of carbonyl (C=O) groups is 1. The van der Waals surface area contributed by atoms with E-state index in [0.29, 0.717) is 5.57 Å². The lowest BCUT2D eigenvalue weighted by Crippen LogP contribution is -2.25. The minimum absolute atomic E-state index is 0.00926. The summed E-state index contributed by atoms with van der Waals surface area (Å²) >= 11 is 0.971. The van der Waals surface area contributed by atoms with Gasteiger partial charge in [-0.3, -0.25) is 4.79 Å². The Morgan fingerprint density at radius 2 is 2.18 bits per heavy atom. The fraction of sp³-hybridized carbons (Fsp3) is 0.571. The Hall–Kier alpha value is -0.480. The van der Waals surface area contributed by atoms with Crippen molar-refractivity contribution in [3.8, 4) is 0 Å². The maximum atomic E-state index is 11.0. The number of aliphatic hydroxyl groups is 2. The summed E-state index contributed by atoms with van der Waals surface area (Å²) in [6.07, 6.45) is 0. The average Bonchev–Trinajstić information content (AvgIpc) is 2.17. The van der Waals surface area contributed by atoms with Gasteiger partial charge in [-0.25, -0.2) is 0 Å². The molecule has 0 aromatic carbocycles. The molecule has 0 fully saturated rings. The maximum Gasteiger partial charge on any atom is 0.219 e. The highest BCUT2D eigenvalue weighted by Gasteiger charge is 2.41. The van der Waals surface area contributed by atoms with Crippen LogP contribution >= 0.6 is 11.8 Å². The van der Waals surface area contributed by atoms with E-state index in [0.717, 1.165) is 11.8 Å². The molecule has 3 nitrogen and oxygen atoms in total. The van der Waals surface area contributed by atoms with E-state index in [1.54, 1.807) is 13.8 Å². The Kier molecular flexibility index (Phi) is 1.98. The Bertz CT molecular complexity index is 234. The SMILES string of the molecule is CC1=C(O)[C@](C)(CO)SC1=O. The number of hydrogen-bond acceptors (Lipinski definition) is 4. The highest BCUT2D eigenvalue weighted by atomic mass is 32.2. The molecule has 0 radical (unpaired) electrons. The smallest absolute Gasteiger partial charge is 0.219 e. The van der Waals surface area contributed by atoms with Gasteiger partial charge in [0, 0.05) is 5.57 Å². The van der Waals surface area contributed by atoms with Crippen LogP contribution < -0.4 is 0 Å². The first-order valence-corrected chi connectivity index (χ1v) is 4.07. The number of carbonyl (C=O) groups excluding carboxylic acids is 1. The molecule has 0 amide bonds. The first kappa shape index (κ1) is 8.62. The molecule has 0 saturated carbocycles. The molecular weight excluding hydrogens is 164 g/mol. The summed E-state index contributed by atoms with van der Waals surface area (Å²) in [7, 11) is 0. The van der Waals surface area contributed by atoms with Gasteiger partial charge in [0.2, 0.25) is 5.12 Å². The van der Waals surface area contributed by atoms with Gasteiger partial charge in [0.15, 0.2) is 0 Å². The average molecular weight is 174 g/mol. The van der Waals surface area contributed by atoms with E-state index < -0.39 is 4.75 Å².